The fourth-order valence-electron chi connectivity index (χ4n) is 4.64. The number of carbonyl (C=O) groups excluding carboxylic acids is 3. The second-order valence-corrected chi connectivity index (χ2v) is 10.5. The number of rotatable bonds is 16. The summed E-state index contributed by atoms with van der Waals surface area (Å²) in [4.78, 5) is 46.3. The van der Waals surface area contributed by atoms with Crippen LogP contribution in [0.5, 0.6) is 0 Å². The van der Waals surface area contributed by atoms with Gasteiger partial charge in [0, 0.05) is 19.5 Å². The summed E-state index contributed by atoms with van der Waals surface area (Å²) in [6.07, 6.45) is 1.53. The minimum Gasteiger partial charge on any atom is -0.370 e. The molecule has 3 rings (SSSR count). The number of guanidine groups is 2. The third-order valence-corrected chi connectivity index (χ3v) is 7.02. The molecule has 44 heavy (non-hydrogen) atoms. The van der Waals surface area contributed by atoms with Crippen molar-refractivity contribution in [2.75, 3.05) is 13.1 Å². The predicted molar refractivity (Wildman–Crippen MR) is 174 cm³/mol. The zero-order chi connectivity index (χ0) is 32.1. The molecule has 0 aliphatic heterocycles. The summed E-state index contributed by atoms with van der Waals surface area (Å²) in [5, 5.41) is 7.68. The first-order valence-electron chi connectivity index (χ1n) is 14.4. The molecule has 0 spiro atoms. The van der Waals surface area contributed by atoms with Crippen molar-refractivity contribution in [3.63, 3.8) is 0 Å². The van der Waals surface area contributed by atoms with Crippen LogP contribution < -0.4 is 45.0 Å². The van der Waals surface area contributed by atoms with Crippen molar-refractivity contribution in [2.24, 2.45) is 44.4 Å². The maximum Gasteiger partial charge on any atom is 0.243 e. The van der Waals surface area contributed by atoms with Crippen LogP contribution in [-0.4, -0.2) is 60.9 Å². The maximum absolute atomic E-state index is 13.4. The van der Waals surface area contributed by atoms with Gasteiger partial charge in [-0.3, -0.25) is 24.4 Å². The minimum atomic E-state index is -1.03. The minimum absolute atomic E-state index is 0.0475. The quantitative estimate of drug-likeness (QED) is 0.0624. The van der Waals surface area contributed by atoms with E-state index in [9.17, 15) is 14.4 Å². The summed E-state index contributed by atoms with van der Waals surface area (Å²) in [5.74, 6) is -1.94. The molecule has 0 heterocycles. The Labute approximate surface area is 256 Å². The van der Waals surface area contributed by atoms with E-state index in [1.165, 1.54) is 0 Å². The van der Waals surface area contributed by atoms with E-state index in [0.717, 1.165) is 27.5 Å². The number of nitrogens with one attached hydrogen (secondary N) is 2. The molecule has 3 amide bonds. The van der Waals surface area contributed by atoms with E-state index < -0.39 is 35.8 Å². The van der Waals surface area contributed by atoms with Gasteiger partial charge >= 0.3 is 0 Å². The number of fused-ring (bicyclic) bond motifs is 1. The molecule has 0 aliphatic carbocycles. The summed E-state index contributed by atoms with van der Waals surface area (Å²) in [5.41, 5.74) is 35.9. The van der Waals surface area contributed by atoms with Gasteiger partial charge in [0.2, 0.25) is 17.7 Å². The normalized spacial score (nSPS) is 12.8. The molecule has 0 fully saturated rings. The van der Waals surface area contributed by atoms with Crippen molar-refractivity contribution in [1.29, 1.82) is 0 Å². The largest absolute Gasteiger partial charge is 0.370 e. The van der Waals surface area contributed by atoms with Crippen molar-refractivity contribution in [1.82, 2.24) is 10.6 Å². The fourth-order valence-corrected chi connectivity index (χ4v) is 4.64. The Hall–Kier alpha value is -5.17. The maximum atomic E-state index is 13.4. The molecular formula is C31H42N10O3. The lowest BCUT2D eigenvalue weighted by molar-refractivity contribution is -0.131. The van der Waals surface area contributed by atoms with Crippen LogP contribution in [0, 0.1) is 0 Å². The van der Waals surface area contributed by atoms with Crippen LogP contribution in [0.2, 0.25) is 0 Å². The molecule has 3 aromatic carbocycles. The highest BCUT2D eigenvalue weighted by Crippen LogP contribution is 2.25. The number of carbonyl (C=O) groups is 3. The number of benzene rings is 3. The van der Waals surface area contributed by atoms with Gasteiger partial charge in [-0.1, -0.05) is 60.7 Å². The average molecular weight is 603 g/mol. The van der Waals surface area contributed by atoms with Crippen LogP contribution in [0.25, 0.3) is 21.9 Å². The Morgan fingerprint density at radius 3 is 1.84 bits per heavy atom. The molecule has 13 nitrogen and oxygen atoms in total. The predicted octanol–water partition coefficient (Wildman–Crippen LogP) is -0.0613. The lowest BCUT2D eigenvalue weighted by atomic mass is 9.98. The first-order chi connectivity index (χ1) is 21.0. The summed E-state index contributed by atoms with van der Waals surface area (Å²) in [6.45, 7) is 0.581. The third-order valence-electron chi connectivity index (χ3n) is 7.02. The van der Waals surface area contributed by atoms with Crippen LogP contribution in [0.4, 0.5) is 0 Å². The summed E-state index contributed by atoms with van der Waals surface area (Å²) >= 11 is 0. The van der Waals surface area contributed by atoms with Crippen LogP contribution >= 0.6 is 0 Å². The number of nitrogens with zero attached hydrogens (tertiary/aromatic N) is 2. The van der Waals surface area contributed by atoms with E-state index >= 15 is 0 Å². The van der Waals surface area contributed by atoms with Gasteiger partial charge < -0.3 is 45.0 Å². The molecule has 14 N–H and O–H groups in total. The molecule has 13 heteroatoms. The Kier molecular flexibility index (Phi) is 12.5. The van der Waals surface area contributed by atoms with Gasteiger partial charge in [-0.2, -0.15) is 0 Å². The number of amides is 3. The monoisotopic (exact) mass is 602 g/mol. The highest BCUT2D eigenvalue weighted by Gasteiger charge is 2.27. The molecule has 0 saturated heterocycles. The molecule has 0 saturated carbocycles. The number of nitrogens with two attached hydrogens (primary N) is 6. The zero-order valence-electron chi connectivity index (χ0n) is 24.6. The van der Waals surface area contributed by atoms with Crippen molar-refractivity contribution < 1.29 is 14.4 Å². The second-order valence-electron chi connectivity index (χ2n) is 10.5. The average Bonchev–Trinajstić information content (AvgIpc) is 3.00. The van der Waals surface area contributed by atoms with Crippen LogP contribution in [-0.2, 0) is 20.8 Å². The molecule has 0 unspecified atom stereocenters. The van der Waals surface area contributed by atoms with Gasteiger partial charge in [0.15, 0.2) is 11.9 Å². The van der Waals surface area contributed by atoms with Gasteiger partial charge in [0.25, 0.3) is 0 Å². The van der Waals surface area contributed by atoms with E-state index in [0.29, 0.717) is 25.8 Å². The number of aliphatic imine (C=N–C) groups is 2. The Morgan fingerprint density at radius 1 is 0.659 bits per heavy atom. The van der Waals surface area contributed by atoms with Crippen molar-refractivity contribution in [2.45, 2.75) is 50.2 Å². The second kappa shape index (κ2) is 16.5. The van der Waals surface area contributed by atoms with Gasteiger partial charge in [0.05, 0.1) is 6.04 Å². The molecule has 0 radical (unpaired) electrons. The third kappa shape index (κ3) is 10.6. The lowest BCUT2D eigenvalue weighted by Crippen LogP contribution is -2.56. The Morgan fingerprint density at radius 2 is 1.23 bits per heavy atom. The topological polar surface area (TPSA) is 256 Å². The summed E-state index contributed by atoms with van der Waals surface area (Å²) in [6, 6.07) is 19.2. The van der Waals surface area contributed by atoms with E-state index in [1.54, 1.807) is 0 Å². The summed E-state index contributed by atoms with van der Waals surface area (Å²) in [7, 11) is 0. The first-order valence-corrected chi connectivity index (χ1v) is 14.4. The Balaban J connectivity index is 1.75. The molecule has 0 bridgehead atoms. The van der Waals surface area contributed by atoms with Gasteiger partial charge in [0.1, 0.15) is 12.1 Å². The highest BCUT2D eigenvalue weighted by molar-refractivity contribution is 5.93. The van der Waals surface area contributed by atoms with Crippen molar-refractivity contribution >= 4 is 40.4 Å². The van der Waals surface area contributed by atoms with E-state index in [4.69, 9.17) is 34.4 Å². The molecule has 3 atom stereocenters. The van der Waals surface area contributed by atoms with E-state index in [1.807, 2.05) is 36.4 Å². The molecule has 234 valence electrons. The lowest BCUT2D eigenvalue weighted by Gasteiger charge is -2.23. The number of hydrogen-bond acceptors (Lipinski definition) is 6. The summed E-state index contributed by atoms with van der Waals surface area (Å²) < 4.78 is 0. The Bertz CT molecular complexity index is 1480. The van der Waals surface area contributed by atoms with Crippen LogP contribution in [0.1, 0.15) is 31.2 Å². The van der Waals surface area contributed by atoms with E-state index in [-0.39, 0.29) is 31.3 Å². The first kappa shape index (κ1) is 33.3. The molecule has 0 aromatic heterocycles. The van der Waals surface area contributed by atoms with Crippen molar-refractivity contribution in [3.8, 4) is 11.1 Å². The van der Waals surface area contributed by atoms with Gasteiger partial charge in [-0.25, -0.2) is 0 Å². The highest BCUT2D eigenvalue weighted by atomic mass is 16.2. The number of primary amides is 1. The number of hydrogen-bond donors (Lipinski definition) is 8. The standard InChI is InChI=1S/C31H42N10O3/c32-24(7-3-15-38-30(34)35)28(43)41-26(29(44)40-25(27(33)42)8-4-16-39-31(36)37)17-19-9-11-21(12-10-19)23-14-13-20-5-1-2-6-22(20)18-23/h1-2,5-6,9-14,18,24-26H,3-4,7-8,15-17,32H2,(H2,33,42)(H,40,44)(H,41,43)(H4,34,35,38)(H4,36,37,39)/t24-,25-,26-/m0/s1. The van der Waals surface area contributed by atoms with Crippen molar-refractivity contribution in [3.05, 3.63) is 72.3 Å². The van der Waals surface area contributed by atoms with Crippen LogP contribution in [0.3, 0.4) is 0 Å². The molecule has 3 aromatic rings. The molecule has 0 aliphatic rings. The smallest absolute Gasteiger partial charge is 0.243 e. The van der Waals surface area contributed by atoms with E-state index in [2.05, 4.69) is 51.0 Å². The van der Waals surface area contributed by atoms with Gasteiger partial charge in [-0.15, -0.1) is 0 Å². The fraction of sp³-hybridized carbons (Fsp3) is 0.323. The zero-order valence-corrected chi connectivity index (χ0v) is 24.6. The SMILES string of the molecule is NC(=O)[C@H](CCCN=C(N)N)NC(=O)[C@H](Cc1ccc(-c2ccc3ccccc3c2)cc1)NC(=O)[C@@H](N)CCCN=C(N)N. The van der Waals surface area contributed by atoms with Crippen LogP contribution in [0.15, 0.2) is 76.7 Å². The molecular weight excluding hydrogens is 560 g/mol. The van der Waals surface area contributed by atoms with Gasteiger partial charge in [-0.05, 0) is 59.2 Å².